The lowest BCUT2D eigenvalue weighted by Gasteiger charge is -2.21. The van der Waals surface area contributed by atoms with E-state index in [4.69, 9.17) is 5.11 Å². The Morgan fingerprint density at radius 2 is 2.11 bits per heavy atom. The maximum absolute atomic E-state index is 11.0. The number of aliphatic carboxylic acids is 1. The molecule has 1 N–H and O–H groups in total. The van der Waals surface area contributed by atoms with E-state index in [1.807, 2.05) is 14.0 Å². The van der Waals surface area contributed by atoms with Crippen LogP contribution in [0.25, 0.3) is 0 Å². The van der Waals surface area contributed by atoms with Crippen molar-refractivity contribution < 1.29 is 9.90 Å². The summed E-state index contributed by atoms with van der Waals surface area (Å²) in [6, 6.07) is 6.71. The molecule has 0 heterocycles. The van der Waals surface area contributed by atoms with Crippen molar-refractivity contribution >= 4 is 5.97 Å². The van der Waals surface area contributed by atoms with E-state index >= 15 is 0 Å². The van der Waals surface area contributed by atoms with Crippen LogP contribution in [0.3, 0.4) is 0 Å². The molecule has 0 saturated carbocycles. The first kappa shape index (κ1) is 14.1. The summed E-state index contributed by atoms with van der Waals surface area (Å²) in [5.74, 6) is -0.956. The fourth-order valence-corrected chi connectivity index (χ4v) is 2.86. The molecular formula is C16H23NO2. The Balaban J connectivity index is 1.95. The third-order valence-electron chi connectivity index (χ3n) is 3.99. The van der Waals surface area contributed by atoms with Crippen LogP contribution >= 0.6 is 0 Å². The summed E-state index contributed by atoms with van der Waals surface area (Å²) in [6.45, 7) is 3.38. The summed E-state index contributed by atoms with van der Waals surface area (Å²) >= 11 is 0. The van der Waals surface area contributed by atoms with Gasteiger partial charge in [0.25, 0.3) is 0 Å². The number of nitrogens with zero attached hydrogens (tertiary/aromatic N) is 1. The van der Waals surface area contributed by atoms with Gasteiger partial charge in [-0.2, -0.15) is 0 Å². The first-order valence-electron chi connectivity index (χ1n) is 7.12. The molecule has 1 aromatic rings. The predicted molar refractivity (Wildman–Crippen MR) is 76.2 cm³/mol. The van der Waals surface area contributed by atoms with Gasteiger partial charge < -0.3 is 10.0 Å². The number of carboxylic acid groups (broad SMARTS) is 1. The van der Waals surface area contributed by atoms with Gasteiger partial charge in [0, 0.05) is 13.1 Å². The Morgan fingerprint density at radius 1 is 1.37 bits per heavy atom. The van der Waals surface area contributed by atoms with Crippen LogP contribution in [0.2, 0.25) is 0 Å². The number of fused-ring (bicyclic) bond motifs is 1. The molecule has 0 aromatic heterocycles. The number of rotatable bonds is 6. The summed E-state index contributed by atoms with van der Waals surface area (Å²) in [6.07, 6.45) is 4.36. The van der Waals surface area contributed by atoms with Gasteiger partial charge in [-0.05, 0) is 49.4 Å². The van der Waals surface area contributed by atoms with E-state index in [1.165, 1.54) is 36.0 Å². The maximum atomic E-state index is 11.0. The van der Waals surface area contributed by atoms with Crippen LogP contribution in [-0.2, 0) is 24.2 Å². The van der Waals surface area contributed by atoms with Gasteiger partial charge in [-0.3, -0.25) is 4.79 Å². The first-order valence-corrected chi connectivity index (χ1v) is 7.12. The monoisotopic (exact) mass is 261 g/mol. The Bertz CT molecular complexity index is 456. The van der Waals surface area contributed by atoms with Crippen LogP contribution in [0.1, 0.15) is 36.5 Å². The molecule has 1 atom stereocenters. The Morgan fingerprint density at radius 3 is 2.79 bits per heavy atom. The maximum Gasteiger partial charge on any atom is 0.307 e. The highest BCUT2D eigenvalue weighted by Crippen LogP contribution is 2.23. The van der Waals surface area contributed by atoms with Crippen molar-refractivity contribution in [2.24, 2.45) is 5.92 Å². The molecule has 0 spiro atoms. The lowest BCUT2D eigenvalue weighted by molar-refractivity contribution is -0.142. The predicted octanol–water partition coefficient (Wildman–Crippen LogP) is 2.72. The standard InChI is InChI=1S/C16H23NO2/c1-3-13(16(18)19)11-17(2)10-12-7-8-14-5-4-6-15(14)9-12/h7-9,13H,3-6,10-11H2,1-2H3,(H,18,19). The molecule has 0 radical (unpaired) electrons. The molecular weight excluding hydrogens is 238 g/mol. The van der Waals surface area contributed by atoms with Crippen LogP contribution < -0.4 is 0 Å². The minimum atomic E-state index is -0.691. The summed E-state index contributed by atoms with van der Waals surface area (Å²) in [5, 5.41) is 9.09. The summed E-state index contributed by atoms with van der Waals surface area (Å²) in [5.41, 5.74) is 4.27. The van der Waals surface area contributed by atoms with Crippen LogP contribution in [0.5, 0.6) is 0 Å². The van der Waals surface area contributed by atoms with Crippen molar-refractivity contribution in [2.75, 3.05) is 13.6 Å². The van der Waals surface area contributed by atoms with Gasteiger partial charge >= 0.3 is 5.97 Å². The second kappa shape index (κ2) is 6.20. The highest BCUT2D eigenvalue weighted by Gasteiger charge is 2.17. The van der Waals surface area contributed by atoms with Gasteiger partial charge in [0.15, 0.2) is 0 Å². The van der Waals surface area contributed by atoms with Crippen LogP contribution in [0, 0.1) is 5.92 Å². The minimum absolute atomic E-state index is 0.264. The van der Waals surface area contributed by atoms with E-state index in [0.29, 0.717) is 13.0 Å². The highest BCUT2D eigenvalue weighted by atomic mass is 16.4. The van der Waals surface area contributed by atoms with Crippen molar-refractivity contribution in [1.29, 1.82) is 0 Å². The van der Waals surface area contributed by atoms with Gasteiger partial charge in [-0.25, -0.2) is 0 Å². The normalized spacial score (nSPS) is 15.5. The van der Waals surface area contributed by atoms with Crippen molar-refractivity contribution in [3.05, 3.63) is 34.9 Å². The fraction of sp³-hybridized carbons (Fsp3) is 0.562. The van der Waals surface area contributed by atoms with E-state index in [1.54, 1.807) is 0 Å². The zero-order valence-electron chi connectivity index (χ0n) is 11.9. The van der Waals surface area contributed by atoms with Crippen molar-refractivity contribution in [3.8, 4) is 0 Å². The molecule has 0 bridgehead atoms. The van der Waals surface area contributed by atoms with Crippen LogP contribution in [-0.4, -0.2) is 29.6 Å². The molecule has 1 aliphatic carbocycles. The van der Waals surface area contributed by atoms with Crippen molar-refractivity contribution in [1.82, 2.24) is 4.90 Å². The molecule has 0 amide bonds. The Hall–Kier alpha value is -1.35. The SMILES string of the molecule is CCC(CN(C)Cc1ccc2c(c1)CCC2)C(=O)O. The lowest BCUT2D eigenvalue weighted by atomic mass is 10.0. The molecule has 0 saturated heterocycles. The molecule has 3 heteroatoms. The van der Waals surface area contributed by atoms with Gasteiger partial charge in [0.1, 0.15) is 0 Å². The van der Waals surface area contributed by atoms with Gasteiger partial charge in [-0.1, -0.05) is 25.1 Å². The number of benzene rings is 1. The second-order valence-corrected chi connectivity index (χ2v) is 5.60. The third-order valence-corrected chi connectivity index (χ3v) is 3.99. The largest absolute Gasteiger partial charge is 0.481 e. The third kappa shape index (κ3) is 3.57. The number of aryl methyl sites for hydroxylation is 2. The topological polar surface area (TPSA) is 40.5 Å². The van der Waals surface area contributed by atoms with Crippen LogP contribution in [0.15, 0.2) is 18.2 Å². The smallest absolute Gasteiger partial charge is 0.307 e. The van der Waals surface area contributed by atoms with Gasteiger partial charge in [0.2, 0.25) is 0 Å². The number of hydrogen-bond acceptors (Lipinski definition) is 2. The summed E-state index contributed by atoms with van der Waals surface area (Å²) in [7, 11) is 2.00. The fourth-order valence-electron chi connectivity index (χ4n) is 2.86. The number of carbonyl (C=O) groups is 1. The first-order chi connectivity index (χ1) is 9.10. The second-order valence-electron chi connectivity index (χ2n) is 5.60. The molecule has 3 nitrogen and oxygen atoms in total. The van der Waals surface area contributed by atoms with E-state index in [0.717, 1.165) is 6.54 Å². The van der Waals surface area contributed by atoms with Gasteiger partial charge in [-0.15, -0.1) is 0 Å². The van der Waals surface area contributed by atoms with Crippen molar-refractivity contribution in [3.63, 3.8) is 0 Å². The average molecular weight is 261 g/mol. The Kier molecular flexibility index (Phi) is 4.59. The van der Waals surface area contributed by atoms with Gasteiger partial charge in [0.05, 0.1) is 5.92 Å². The van der Waals surface area contributed by atoms with E-state index in [2.05, 4.69) is 23.1 Å². The highest BCUT2D eigenvalue weighted by molar-refractivity contribution is 5.70. The lowest BCUT2D eigenvalue weighted by Crippen LogP contribution is -2.29. The molecule has 1 aliphatic rings. The van der Waals surface area contributed by atoms with Crippen LogP contribution in [0.4, 0.5) is 0 Å². The number of hydrogen-bond donors (Lipinski definition) is 1. The molecule has 0 fully saturated rings. The van der Waals surface area contributed by atoms with Crippen molar-refractivity contribution in [2.45, 2.75) is 39.2 Å². The summed E-state index contributed by atoms with van der Waals surface area (Å²) in [4.78, 5) is 13.2. The molecule has 1 unspecified atom stereocenters. The quantitative estimate of drug-likeness (QED) is 0.856. The average Bonchev–Trinajstić information content (AvgIpc) is 2.82. The molecule has 0 aliphatic heterocycles. The molecule has 104 valence electrons. The van der Waals surface area contributed by atoms with E-state index in [9.17, 15) is 4.79 Å². The molecule has 1 aromatic carbocycles. The summed E-state index contributed by atoms with van der Waals surface area (Å²) < 4.78 is 0. The Labute approximate surface area is 115 Å². The zero-order chi connectivity index (χ0) is 13.8. The van der Waals surface area contributed by atoms with E-state index in [-0.39, 0.29) is 5.92 Å². The molecule has 19 heavy (non-hydrogen) atoms. The minimum Gasteiger partial charge on any atom is -0.481 e. The number of carboxylic acids is 1. The van der Waals surface area contributed by atoms with E-state index < -0.39 is 5.97 Å². The zero-order valence-corrected chi connectivity index (χ0v) is 11.9. The molecule has 2 rings (SSSR count).